The average molecular weight is 357 g/mol. The van der Waals surface area contributed by atoms with Crippen LogP contribution in [0.25, 0.3) is 11.4 Å². The van der Waals surface area contributed by atoms with Crippen molar-refractivity contribution < 1.29 is 14.1 Å². The maximum atomic E-state index is 12.7. The van der Waals surface area contributed by atoms with Gasteiger partial charge in [0, 0.05) is 24.6 Å². The zero-order chi connectivity index (χ0) is 18.5. The number of carbonyl (C=O) groups is 1. The van der Waals surface area contributed by atoms with Crippen molar-refractivity contribution in [2.45, 2.75) is 45.4 Å². The first kappa shape index (κ1) is 18.4. The lowest BCUT2D eigenvalue weighted by Gasteiger charge is -2.33. The third-order valence-electron chi connectivity index (χ3n) is 5.19. The second kappa shape index (κ2) is 8.34. The van der Waals surface area contributed by atoms with Gasteiger partial charge in [-0.25, -0.2) is 0 Å². The molecule has 140 valence electrons. The van der Waals surface area contributed by atoms with Crippen molar-refractivity contribution in [3.63, 3.8) is 0 Å². The van der Waals surface area contributed by atoms with Gasteiger partial charge in [0.2, 0.25) is 17.6 Å². The second-order valence-electron chi connectivity index (χ2n) is 6.83. The molecule has 26 heavy (non-hydrogen) atoms. The third kappa shape index (κ3) is 3.89. The number of carbonyl (C=O) groups excluding carboxylic acids is 1. The summed E-state index contributed by atoms with van der Waals surface area (Å²) in [4.78, 5) is 19.2. The van der Waals surface area contributed by atoms with Crippen LogP contribution in [-0.4, -0.2) is 41.1 Å². The summed E-state index contributed by atoms with van der Waals surface area (Å²) >= 11 is 0. The Morgan fingerprint density at radius 1 is 1.38 bits per heavy atom. The van der Waals surface area contributed by atoms with Crippen LogP contribution < -0.4 is 4.74 Å². The maximum Gasteiger partial charge on any atom is 0.231 e. The number of methoxy groups -OCH3 is 1. The van der Waals surface area contributed by atoms with Crippen LogP contribution in [0.15, 0.2) is 28.8 Å². The number of piperidine rings is 1. The number of benzene rings is 1. The number of nitrogens with zero attached hydrogens (tertiary/aromatic N) is 3. The topological polar surface area (TPSA) is 68.5 Å². The van der Waals surface area contributed by atoms with E-state index in [0.29, 0.717) is 18.3 Å². The molecule has 1 saturated heterocycles. The van der Waals surface area contributed by atoms with Crippen LogP contribution in [0, 0.1) is 5.92 Å². The number of hydrogen-bond donors (Lipinski definition) is 0. The molecule has 0 unspecified atom stereocenters. The first-order valence-corrected chi connectivity index (χ1v) is 9.43. The van der Waals surface area contributed by atoms with Gasteiger partial charge in [0.25, 0.3) is 0 Å². The summed E-state index contributed by atoms with van der Waals surface area (Å²) in [6.07, 6.45) is 3.70. The van der Waals surface area contributed by atoms with Crippen molar-refractivity contribution in [3.05, 3.63) is 30.2 Å². The van der Waals surface area contributed by atoms with E-state index in [-0.39, 0.29) is 17.7 Å². The van der Waals surface area contributed by atoms with Crippen molar-refractivity contribution >= 4 is 5.91 Å². The highest BCUT2D eigenvalue weighted by Gasteiger charge is 2.30. The van der Waals surface area contributed by atoms with Gasteiger partial charge in [-0.2, -0.15) is 4.98 Å². The van der Waals surface area contributed by atoms with Crippen LogP contribution in [-0.2, 0) is 4.79 Å². The summed E-state index contributed by atoms with van der Waals surface area (Å²) in [5.74, 6) is 2.41. The second-order valence-corrected chi connectivity index (χ2v) is 6.83. The fourth-order valence-electron chi connectivity index (χ4n) is 3.56. The Balaban J connectivity index is 1.73. The molecule has 0 aliphatic carbocycles. The van der Waals surface area contributed by atoms with Gasteiger partial charge in [-0.1, -0.05) is 31.1 Å². The lowest BCUT2D eigenvalue weighted by Crippen LogP contribution is -2.42. The SMILES string of the molecule is CCC(CC)C(=O)N1CCC[C@@H](c2nc(-c3cccc(OC)c3)no2)C1. The van der Waals surface area contributed by atoms with Crippen LogP contribution >= 0.6 is 0 Å². The van der Waals surface area contributed by atoms with Crippen LogP contribution in [0.5, 0.6) is 5.75 Å². The van der Waals surface area contributed by atoms with E-state index in [4.69, 9.17) is 9.26 Å². The van der Waals surface area contributed by atoms with E-state index >= 15 is 0 Å². The van der Waals surface area contributed by atoms with Crippen molar-refractivity contribution in [3.8, 4) is 17.1 Å². The molecule has 3 rings (SSSR count). The summed E-state index contributed by atoms with van der Waals surface area (Å²) in [6.45, 7) is 5.63. The highest BCUT2D eigenvalue weighted by atomic mass is 16.5. The molecule has 6 heteroatoms. The zero-order valence-corrected chi connectivity index (χ0v) is 15.8. The van der Waals surface area contributed by atoms with E-state index in [1.807, 2.05) is 29.2 Å². The van der Waals surface area contributed by atoms with Crippen molar-refractivity contribution in [2.24, 2.45) is 5.92 Å². The Hall–Kier alpha value is -2.37. The summed E-state index contributed by atoms with van der Waals surface area (Å²) in [6, 6.07) is 7.60. The molecule has 0 N–H and O–H groups in total. The molecule has 1 aromatic carbocycles. The third-order valence-corrected chi connectivity index (χ3v) is 5.19. The number of rotatable bonds is 6. The molecule has 0 radical (unpaired) electrons. The molecular formula is C20H27N3O3. The normalized spacial score (nSPS) is 17.5. The minimum Gasteiger partial charge on any atom is -0.497 e. The van der Waals surface area contributed by atoms with Gasteiger partial charge in [-0.05, 0) is 37.8 Å². The molecule has 1 amide bonds. The monoisotopic (exact) mass is 357 g/mol. The number of likely N-dealkylation sites (tertiary alicyclic amines) is 1. The molecule has 0 spiro atoms. The minimum absolute atomic E-state index is 0.105. The van der Waals surface area contributed by atoms with E-state index in [1.165, 1.54) is 0 Å². The van der Waals surface area contributed by atoms with Crippen LogP contribution in [0.3, 0.4) is 0 Å². The Bertz CT molecular complexity index is 739. The maximum absolute atomic E-state index is 12.7. The highest BCUT2D eigenvalue weighted by Crippen LogP contribution is 2.29. The first-order chi connectivity index (χ1) is 12.7. The standard InChI is InChI=1S/C20H27N3O3/c1-4-14(5-2)20(24)23-11-7-9-16(13-23)19-21-18(22-26-19)15-8-6-10-17(12-15)25-3/h6,8,10,12,14,16H,4-5,7,9,11,13H2,1-3H3/t16-/m1/s1. The molecule has 2 aromatic rings. The molecule has 1 fully saturated rings. The fraction of sp³-hybridized carbons (Fsp3) is 0.550. The summed E-state index contributed by atoms with van der Waals surface area (Å²) in [5.41, 5.74) is 0.861. The molecule has 6 nitrogen and oxygen atoms in total. The summed E-state index contributed by atoms with van der Waals surface area (Å²) < 4.78 is 10.8. The lowest BCUT2D eigenvalue weighted by atomic mass is 9.95. The molecule has 1 atom stereocenters. The number of ether oxygens (including phenoxy) is 1. The van der Waals surface area contributed by atoms with E-state index in [0.717, 1.165) is 43.5 Å². The van der Waals surface area contributed by atoms with Gasteiger partial charge in [-0.3, -0.25) is 4.79 Å². The Morgan fingerprint density at radius 2 is 2.19 bits per heavy atom. The molecule has 2 heterocycles. The van der Waals surface area contributed by atoms with Crippen LogP contribution in [0.1, 0.15) is 51.3 Å². The van der Waals surface area contributed by atoms with E-state index < -0.39 is 0 Å². The van der Waals surface area contributed by atoms with Crippen LogP contribution in [0.2, 0.25) is 0 Å². The predicted octanol–water partition coefficient (Wildman–Crippen LogP) is 3.89. The minimum atomic E-state index is 0.105. The van der Waals surface area contributed by atoms with E-state index in [9.17, 15) is 4.79 Å². The summed E-state index contributed by atoms with van der Waals surface area (Å²) in [5, 5.41) is 4.13. The van der Waals surface area contributed by atoms with Gasteiger partial charge in [0.05, 0.1) is 13.0 Å². The highest BCUT2D eigenvalue weighted by molar-refractivity contribution is 5.78. The van der Waals surface area contributed by atoms with Crippen LogP contribution in [0.4, 0.5) is 0 Å². The number of hydrogen-bond acceptors (Lipinski definition) is 5. The van der Waals surface area contributed by atoms with Gasteiger partial charge in [0.1, 0.15) is 5.75 Å². The molecule has 0 saturated carbocycles. The smallest absolute Gasteiger partial charge is 0.231 e. The molecule has 1 aliphatic rings. The molecular weight excluding hydrogens is 330 g/mol. The Labute approximate surface area is 154 Å². The van der Waals surface area contributed by atoms with E-state index in [2.05, 4.69) is 24.0 Å². The quantitative estimate of drug-likeness (QED) is 0.784. The van der Waals surface area contributed by atoms with E-state index in [1.54, 1.807) is 7.11 Å². The van der Waals surface area contributed by atoms with Gasteiger partial charge >= 0.3 is 0 Å². The van der Waals surface area contributed by atoms with Crippen molar-refractivity contribution in [2.75, 3.05) is 20.2 Å². The molecule has 1 aliphatic heterocycles. The van der Waals surface area contributed by atoms with Gasteiger partial charge in [-0.15, -0.1) is 0 Å². The Kier molecular flexibility index (Phi) is 5.91. The predicted molar refractivity (Wildman–Crippen MR) is 98.9 cm³/mol. The number of aromatic nitrogens is 2. The number of amides is 1. The molecule has 1 aromatic heterocycles. The lowest BCUT2D eigenvalue weighted by molar-refractivity contribution is -0.137. The molecule has 0 bridgehead atoms. The zero-order valence-electron chi connectivity index (χ0n) is 15.8. The largest absolute Gasteiger partial charge is 0.497 e. The fourth-order valence-corrected chi connectivity index (χ4v) is 3.56. The van der Waals surface area contributed by atoms with Crippen molar-refractivity contribution in [1.29, 1.82) is 0 Å². The average Bonchev–Trinajstić information content (AvgIpc) is 3.19. The summed E-state index contributed by atoms with van der Waals surface area (Å²) in [7, 11) is 1.63. The van der Waals surface area contributed by atoms with Gasteiger partial charge < -0.3 is 14.2 Å². The van der Waals surface area contributed by atoms with Gasteiger partial charge in [0.15, 0.2) is 0 Å². The Morgan fingerprint density at radius 3 is 2.92 bits per heavy atom. The first-order valence-electron chi connectivity index (χ1n) is 9.43. The van der Waals surface area contributed by atoms with Crippen molar-refractivity contribution in [1.82, 2.24) is 15.0 Å².